The maximum absolute atomic E-state index is 10.7. The second kappa shape index (κ2) is 4.43. The lowest BCUT2D eigenvalue weighted by Gasteiger charge is -2.33. The third-order valence-electron chi connectivity index (χ3n) is 2.69. The molecule has 2 rings (SSSR count). The van der Waals surface area contributed by atoms with Gasteiger partial charge in [-0.3, -0.25) is 0 Å². The van der Waals surface area contributed by atoms with Crippen molar-refractivity contribution in [1.29, 1.82) is 0 Å². The van der Waals surface area contributed by atoms with Gasteiger partial charge in [0.2, 0.25) is 0 Å². The zero-order chi connectivity index (χ0) is 11.7. The van der Waals surface area contributed by atoms with E-state index in [1.165, 1.54) is 0 Å². The fraction of sp³-hybridized carbons (Fsp3) is 0.364. The first kappa shape index (κ1) is 11.4. The van der Waals surface area contributed by atoms with Crippen molar-refractivity contribution in [1.82, 2.24) is 0 Å². The summed E-state index contributed by atoms with van der Waals surface area (Å²) in [6, 6.07) is 5.14. The summed E-state index contributed by atoms with van der Waals surface area (Å²) in [4.78, 5) is 10.7. The van der Waals surface area contributed by atoms with Crippen molar-refractivity contribution in [3.05, 3.63) is 28.2 Å². The second-order valence-corrected chi connectivity index (χ2v) is 4.82. The van der Waals surface area contributed by atoms with Crippen molar-refractivity contribution >= 4 is 27.6 Å². The lowest BCUT2D eigenvalue weighted by Crippen LogP contribution is -2.39. The maximum atomic E-state index is 10.7. The molecule has 1 aromatic carbocycles. The summed E-state index contributed by atoms with van der Waals surface area (Å²) in [5, 5.41) is 21.2. The van der Waals surface area contributed by atoms with Crippen LogP contribution in [0.2, 0.25) is 0 Å². The van der Waals surface area contributed by atoms with E-state index in [-0.39, 0.29) is 17.7 Å². The van der Waals surface area contributed by atoms with Gasteiger partial charge in [-0.15, -0.1) is 0 Å². The Morgan fingerprint density at radius 3 is 2.62 bits per heavy atom. The van der Waals surface area contributed by atoms with Gasteiger partial charge in [0.1, 0.15) is 0 Å². The van der Waals surface area contributed by atoms with E-state index in [2.05, 4.69) is 21.2 Å². The molecule has 0 radical (unpaired) electrons. The number of anilines is 1. The third kappa shape index (κ3) is 2.36. The molecule has 0 aromatic heterocycles. The summed E-state index contributed by atoms with van der Waals surface area (Å²) >= 11 is 3.32. The summed E-state index contributed by atoms with van der Waals surface area (Å²) in [5.74, 6) is -0.939. The summed E-state index contributed by atoms with van der Waals surface area (Å²) in [7, 11) is 0. The minimum absolute atomic E-state index is 0.199. The molecule has 0 saturated heterocycles. The highest BCUT2D eigenvalue weighted by molar-refractivity contribution is 9.10. The Hall–Kier alpha value is -1.07. The Morgan fingerprint density at radius 1 is 1.44 bits per heavy atom. The van der Waals surface area contributed by atoms with Gasteiger partial charge in [0.15, 0.2) is 0 Å². The van der Waals surface area contributed by atoms with E-state index in [0.717, 1.165) is 23.0 Å². The van der Waals surface area contributed by atoms with Gasteiger partial charge < -0.3 is 15.5 Å². The zero-order valence-electron chi connectivity index (χ0n) is 8.48. The Labute approximate surface area is 101 Å². The normalized spacial score (nSPS) is 23.6. The van der Waals surface area contributed by atoms with Crippen LogP contribution in [0.3, 0.4) is 0 Å². The number of carbonyl (C=O) groups is 1. The quantitative estimate of drug-likeness (QED) is 0.795. The monoisotopic (exact) mass is 285 g/mol. The average molecular weight is 286 g/mol. The van der Waals surface area contributed by atoms with E-state index in [0.29, 0.717) is 0 Å². The number of hydrogen-bond donors (Lipinski definition) is 3. The molecule has 4 nitrogen and oxygen atoms in total. The van der Waals surface area contributed by atoms with Gasteiger partial charge in [-0.05, 0) is 47.0 Å². The summed E-state index contributed by atoms with van der Waals surface area (Å²) < 4.78 is 0.730. The largest absolute Gasteiger partial charge is 0.478 e. The number of rotatable bonds is 3. The molecule has 16 heavy (non-hydrogen) atoms. The van der Waals surface area contributed by atoms with E-state index < -0.39 is 5.97 Å². The first-order valence-corrected chi connectivity index (χ1v) is 5.83. The Balaban J connectivity index is 2.07. The molecule has 0 unspecified atom stereocenters. The molecule has 0 amide bonds. The molecule has 3 N–H and O–H groups in total. The molecule has 86 valence electrons. The van der Waals surface area contributed by atoms with Crippen molar-refractivity contribution in [3.8, 4) is 0 Å². The van der Waals surface area contributed by atoms with Crippen LogP contribution >= 0.6 is 15.9 Å². The minimum Gasteiger partial charge on any atom is -0.478 e. The number of nitrogens with one attached hydrogen (secondary N) is 1. The number of hydrogen-bond acceptors (Lipinski definition) is 3. The zero-order valence-corrected chi connectivity index (χ0v) is 10.1. The van der Waals surface area contributed by atoms with Gasteiger partial charge in [-0.2, -0.15) is 0 Å². The summed E-state index contributed by atoms with van der Waals surface area (Å²) in [6.07, 6.45) is 1.29. The van der Waals surface area contributed by atoms with Crippen molar-refractivity contribution in [2.45, 2.75) is 25.0 Å². The van der Waals surface area contributed by atoms with Gasteiger partial charge in [0, 0.05) is 16.2 Å². The van der Waals surface area contributed by atoms with Crippen molar-refractivity contribution in [3.63, 3.8) is 0 Å². The molecule has 0 atom stereocenters. The van der Waals surface area contributed by atoms with E-state index in [4.69, 9.17) is 10.2 Å². The van der Waals surface area contributed by atoms with Gasteiger partial charge in [0.25, 0.3) is 0 Å². The molecular formula is C11H12BrNO3. The predicted octanol–water partition coefficient (Wildman–Crippen LogP) is 2.08. The van der Waals surface area contributed by atoms with Crippen LogP contribution in [0.5, 0.6) is 0 Å². The number of carboxylic acids is 1. The number of aromatic carboxylic acids is 1. The van der Waals surface area contributed by atoms with Gasteiger partial charge in [-0.1, -0.05) is 0 Å². The van der Waals surface area contributed by atoms with E-state index >= 15 is 0 Å². The van der Waals surface area contributed by atoms with Crippen molar-refractivity contribution in [2.75, 3.05) is 5.32 Å². The summed E-state index contributed by atoms with van der Waals surface area (Å²) in [6.45, 7) is 0. The fourth-order valence-electron chi connectivity index (χ4n) is 1.69. The Morgan fingerprint density at radius 2 is 2.12 bits per heavy atom. The van der Waals surface area contributed by atoms with Crippen LogP contribution in [0.15, 0.2) is 22.7 Å². The molecule has 0 spiro atoms. The number of carboxylic acid groups (broad SMARTS) is 1. The van der Waals surface area contributed by atoms with Crippen LogP contribution in [-0.4, -0.2) is 28.3 Å². The van der Waals surface area contributed by atoms with Crippen molar-refractivity contribution < 1.29 is 15.0 Å². The Kier molecular flexibility index (Phi) is 3.16. The lowest BCUT2D eigenvalue weighted by molar-refractivity contribution is 0.0696. The smallest absolute Gasteiger partial charge is 0.335 e. The predicted molar refractivity (Wildman–Crippen MR) is 63.8 cm³/mol. The highest BCUT2D eigenvalue weighted by Crippen LogP contribution is 2.29. The van der Waals surface area contributed by atoms with Crippen LogP contribution in [0.1, 0.15) is 23.2 Å². The van der Waals surface area contributed by atoms with Crippen LogP contribution < -0.4 is 5.32 Å². The number of aliphatic hydroxyl groups excluding tert-OH is 1. The molecule has 1 aliphatic carbocycles. The number of halogens is 1. The second-order valence-electron chi connectivity index (χ2n) is 3.97. The standard InChI is InChI=1S/C11H12BrNO3/c12-9-3-6(11(15)16)1-2-10(9)13-7-4-8(14)5-7/h1-3,7-8,13-14H,4-5H2,(H,15,16). The highest BCUT2D eigenvalue weighted by Gasteiger charge is 2.27. The van der Waals surface area contributed by atoms with Gasteiger partial charge >= 0.3 is 5.97 Å². The van der Waals surface area contributed by atoms with Gasteiger partial charge in [0.05, 0.1) is 11.7 Å². The third-order valence-corrected chi connectivity index (χ3v) is 3.34. The van der Waals surface area contributed by atoms with Gasteiger partial charge in [-0.25, -0.2) is 4.79 Å². The average Bonchev–Trinajstić information content (AvgIpc) is 2.18. The molecule has 0 aliphatic heterocycles. The number of aliphatic hydroxyl groups is 1. The molecule has 1 aliphatic rings. The fourth-order valence-corrected chi connectivity index (χ4v) is 2.18. The molecule has 1 saturated carbocycles. The molecule has 1 aromatic rings. The Bertz CT molecular complexity index is 416. The van der Waals surface area contributed by atoms with E-state index in [1.807, 2.05) is 0 Å². The molecule has 0 heterocycles. The first-order chi connectivity index (χ1) is 7.56. The minimum atomic E-state index is -0.939. The first-order valence-electron chi connectivity index (χ1n) is 5.03. The SMILES string of the molecule is O=C(O)c1ccc(NC2CC(O)C2)c(Br)c1. The van der Waals surface area contributed by atoms with E-state index in [1.54, 1.807) is 18.2 Å². The molecular weight excluding hydrogens is 274 g/mol. The maximum Gasteiger partial charge on any atom is 0.335 e. The van der Waals surface area contributed by atoms with Crippen molar-refractivity contribution in [2.24, 2.45) is 0 Å². The molecule has 0 bridgehead atoms. The van der Waals surface area contributed by atoms with Crippen LogP contribution in [-0.2, 0) is 0 Å². The van der Waals surface area contributed by atoms with E-state index in [9.17, 15) is 4.79 Å². The summed E-state index contributed by atoms with van der Waals surface area (Å²) in [5.41, 5.74) is 1.12. The van der Waals surface area contributed by atoms with Crippen LogP contribution in [0, 0.1) is 0 Å². The van der Waals surface area contributed by atoms with Crippen LogP contribution in [0.4, 0.5) is 5.69 Å². The number of benzene rings is 1. The molecule has 5 heteroatoms. The highest BCUT2D eigenvalue weighted by atomic mass is 79.9. The topological polar surface area (TPSA) is 69.6 Å². The lowest BCUT2D eigenvalue weighted by atomic mass is 9.89. The molecule has 1 fully saturated rings. The van der Waals surface area contributed by atoms with Crippen LogP contribution in [0.25, 0.3) is 0 Å².